The number of fused-ring (bicyclic) bond motifs is 5. The van der Waals surface area contributed by atoms with Gasteiger partial charge in [-0.3, -0.25) is 4.79 Å². The first-order valence-electron chi connectivity index (χ1n) is 12.2. The molecular formula is C25H43NO3. The second kappa shape index (κ2) is 7.82. The van der Waals surface area contributed by atoms with Gasteiger partial charge in [0.2, 0.25) is 0 Å². The molecule has 0 radical (unpaired) electrons. The van der Waals surface area contributed by atoms with Crippen LogP contribution in [0.2, 0.25) is 0 Å². The Balaban J connectivity index is 1.53. The topological polar surface area (TPSA) is 72.5 Å². The molecule has 0 saturated heterocycles. The van der Waals surface area contributed by atoms with Crippen LogP contribution >= 0.6 is 0 Å². The van der Waals surface area contributed by atoms with Crippen LogP contribution in [0.4, 0.5) is 0 Å². The van der Waals surface area contributed by atoms with Gasteiger partial charge in [-0.25, -0.2) is 0 Å². The summed E-state index contributed by atoms with van der Waals surface area (Å²) in [4.78, 5) is 11.7. The third-order valence-electron chi connectivity index (χ3n) is 10.5. The molecule has 0 amide bonds. The largest absolute Gasteiger partial charge is 0.469 e. The number of ether oxygens (including phenoxy) is 1. The van der Waals surface area contributed by atoms with Gasteiger partial charge in [-0.1, -0.05) is 20.8 Å². The first-order chi connectivity index (χ1) is 13.7. The highest BCUT2D eigenvalue weighted by molar-refractivity contribution is 5.69. The zero-order chi connectivity index (χ0) is 21.0. The quantitative estimate of drug-likeness (QED) is 0.674. The fourth-order valence-electron chi connectivity index (χ4n) is 8.88. The molecule has 0 unspecified atom stereocenters. The van der Waals surface area contributed by atoms with Gasteiger partial charge in [-0.2, -0.15) is 0 Å². The Morgan fingerprint density at radius 2 is 1.79 bits per heavy atom. The van der Waals surface area contributed by atoms with E-state index in [1.807, 2.05) is 0 Å². The van der Waals surface area contributed by atoms with Crippen LogP contribution in [0.1, 0.15) is 85.0 Å². The number of methoxy groups -OCH3 is 1. The monoisotopic (exact) mass is 405 g/mol. The van der Waals surface area contributed by atoms with Crippen LogP contribution in [-0.2, 0) is 9.53 Å². The summed E-state index contributed by atoms with van der Waals surface area (Å²) in [5, 5.41) is 11.3. The number of aliphatic hydroxyl groups excluding tert-OH is 1. The molecule has 0 aromatic rings. The minimum Gasteiger partial charge on any atom is -0.469 e. The molecule has 166 valence electrons. The van der Waals surface area contributed by atoms with Crippen molar-refractivity contribution in [3.63, 3.8) is 0 Å². The smallest absolute Gasteiger partial charge is 0.305 e. The number of nitrogens with two attached hydrogens (primary N) is 1. The van der Waals surface area contributed by atoms with Gasteiger partial charge in [-0.15, -0.1) is 0 Å². The molecule has 4 rings (SSSR count). The Morgan fingerprint density at radius 3 is 2.52 bits per heavy atom. The third kappa shape index (κ3) is 3.46. The SMILES string of the molecule is COC(=O)CC[C@@H](C)[C@H]1CC[C@H]2[C@@H]3[C@H](O)C[C@@H]4C[C@H](N)CC[C@]4(C)[C@H]3CC[C@]12C. The molecule has 10 atom stereocenters. The van der Waals surface area contributed by atoms with E-state index in [1.165, 1.54) is 39.2 Å². The highest BCUT2D eigenvalue weighted by Crippen LogP contribution is 2.68. The summed E-state index contributed by atoms with van der Waals surface area (Å²) in [5.41, 5.74) is 7.00. The van der Waals surface area contributed by atoms with Crippen LogP contribution in [0.25, 0.3) is 0 Å². The zero-order valence-electron chi connectivity index (χ0n) is 19.0. The van der Waals surface area contributed by atoms with E-state index in [4.69, 9.17) is 10.5 Å². The Morgan fingerprint density at radius 1 is 1.10 bits per heavy atom. The highest BCUT2D eigenvalue weighted by atomic mass is 16.5. The number of esters is 1. The van der Waals surface area contributed by atoms with Crippen LogP contribution in [0.5, 0.6) is 0 Å². The minimum atomic E-state index is -0.155. The summed E-state index contributed by atoms with van der Waals surface area (Å²) < 4.78 is 4.87. The maximum Gasteiger partial charge on any atom is 0.305 e. The minimum absolute atomic E-state index is 0.0857. The third-order valence-corrected chi connectivity index (χ3v) is 10.5. The van der Waals surface area contributed by atoms with Crippen LogP contribution in [0.3, 0.4) is 0 Å². The molecule has 0 aromatic heterocycles. The van der Waals surface area contributed by atoms with Gasteiger partial charge in [0.15, 0.2) is 0 Å². The molecule has 29 heavy (non-hydrogen) atoms. The Hall–Kier alpha value is -0.610. The summed E-state index contributed by atoms with van der Waals surface area (Å²) in [5.74, 6) is 3.47. The number of aliphatic hydroxyl groups is 1. The zero-order valence-corrected chi connectivity index (χ0v) is 19.0. The van der Waals surface area contributed by atoms with E-state index in [9.17, 15) is 9.90 Å². The molecule has 3 N–H and O–H groups in total. The van der Waals surface area contributed by atoms with Gasteiger partial charge in [0.05, 0.1) is 13.2 Å². The number of carbonyl (C=O) groups is 1. The van der Waals surface area contributed by atoms with Crippen molar-refractivity contribution < 1.29 is 14.6 Å². The van der Waals surface area contributed by atoms with Crippen LogP contribution in [0, 0.1) is 46.3 Å². The van der Waals surface area contributed by atoms with Crippen molar-refractivity contribution in [1.82, 2.24) is 0 Å². The van der Waals surface area contributed by atoms with E-state index in [1.54, 1.807) is 0 Å². The first kappa shape index (κ1) is 21.6. The van der Waals surface area contributed by atoms with E-state index in [-0.39, 0.29) is 12.1 Å². The maximum atomic E-state index is 11.7. The lowest BCUT2D eigenvalue weighted by Gasteiger charge is -2.62. The molecule has 4 heteroatoms. The lowest BCUT2D eigenvalue weighted by Crippen LogP contribution is -2.59. The summed E-state index contributed by atoms with van der Waals surface area (Å²) in [6.07, 6.45) is 10.8. The first-order valence-corrected chi connectivity index (χ1v) is 12.2. The standard InChI is InChI=1S/C25H43NO3/c1-15(5-8-22(28)29-4)18-6-7-19-23-20(10-12-25(18,19)3)24(2)11-9-17(26)13-16(24)14-21(23)27/h15-21,23,27H,5-14,26H2,1-4H3/t15-,16+,17-,18-,19+,20+,21-,23+,24+,25-/m1/s1. The molecule has 4 aliphatic rings. The molecule has 4 nitrogen and oxygen atoms in total. The number of carbonyl (C=O) groups excluding carboxylic acids is 1. The maximum absolute atomic E-state index is 11.7. The molecule has 0 bridgehead atoms. The number of rotatable bonds is 4. The average Bonchev–Trinajstić information content (AvgIpc) is 3.04. The van der Waals surface area contributed by atoms with E-state index in [2.05, 4.69) is 20.8 Å². The Kier molecular flexibility index (Phi) is 5.83. The molecule has 4 saturated carbocycles. The highest BCUT2D eigenvalue weighted by Gasteiger charge is 2.62. The van der Waals surface area contributed by atoms with Crippen molar-refractivity contribution in [1.29, 1.82) is 0 Å². The van der Waals surface area contributed by atoms with Gasteiger partial charge in [0, 0.05) is 12.5 Å². The van der Waals surface area contributed by atoms with Crippen molar-refractivity contribution >= 4 is 5.97 Å². The van der Waals surface area contributed by atoms with Gasteiger partial charge in [0.25, 0.3) is 0 Å². The predicted molar refractivity (Wildman–Crippen MR) is 115 cm³/mol. The second-order valence-corrected chi connectivity index (χ2v) is 11.7. The lowest BCUT2D eigenvalue weighted by atomic mass is 9.43. The van der Waals surface area contributed by atoms with E-state index < -0.39 is 0 Å². The molecule has 0 aliphatic heterocycles. The van der Waals surface area contributed by atoms with Crippen LogP contribution < -0.4 is 5.73 Å². The van der Waals surface area contributed by atoms with Crippen molar-refractivity contribution in [2.45, 2.75) is 97.1 Å². The molecule has 0 heterocycles. The number of hydrogen-bond acceptors (Lipinski definition) is 4. The Labute approximate surface area is 177 Å². The van der Waals surface area contributed by atoms with Crippen molar-refractivity contribution in [2.24, 2.45) is 52.1 Å². The molecule has 4 aliphatic carbocycles. The molecule has 4 fully saturated rings. The average molecular weight is 406 g/mol. The molecule has 0 aromatic carbocycles. The Bertz CT molecular complexity index is 623. The van der Waals surface area contributed by atoms with Crippen molar-refractivity contribution in [3.8, 4) is 0 Å². The molecular weight excluding hydrogens is 362 g/mol. The van der Waals surface area contributed by atoms with E-state index in [0.717, 1.165) is 25.7 Å². The fourth-order valence-corrected chi connectivity index (χ4v) is 8.88. The summed E-state index contributed by atoms with van der Waals surface area (Å²) >= 11 is 0. The second-order valence-electron chi connectivity index (χ2n) is 11.7. The summed E-state index contributed by atoms with van der Waals surface area (Å²) in [6.45, 7) is 7.38. The normalized spacial score (nSPS) is 50.2. The number of hydrogen-bond donors (Lipinski definition) is 2. The summed E-state index contributed by atoms with van der Waals surface area (Å²) in [6, 6.07) is 0.331. The summed E-state index contributed by atoms with van der Waals surface area (Å²) in [7, 11) is 1.48. The van der Waals surface area contributed by atoms with Crippen LogP contribution in [-0.4, -0.2) is 30.3 Å². The van der Waals surface area contributed by atoms with E-state index >= 15 is 0 Å². The van der Waals surface area contributed by atoms with E-state index in [0.29, 0.717) is 58.8 Å². The van der Waals surface area contributed by atoms with Crippen LogP contribution in [0.15, 0.2) is 0 Å². The van der Waals surface area contributed by atoms with Gasteiger partial charge in [0.1, 0.15) is 0 Å². The van der Waals surface area contributed by atoms with Crippen molar-refractivity contribution in [2.75, 3.05) is 7.11 Å². The predicted octanol–water partition coefficient (Wildman–Crippen LogP) is 4.53. The van der Waals surface area contributed by atoms with Gasteiger partial charge >= 0.3 is 5.97 Å². The molecule has 0 spiro atoms. The lowest BCUT2D eigenvalue weighted by molar-refractivity contribution is -0.166. The van der Waals surface area contributed by atoms with Crippen molar-refractivity contribution in [3.05, 3.63) is 0 Å². The van der Waals surface area contributed by atoms with Gasteiger partial charge < -0.3 is 15.6 Å². The fraction of sp³-hybridized carbons (Fsp3) is 0.960. The van der Waals surface area contributed by atoms with Gasteiger partial charge in [-0.05, 0) is 104 Å².